The minimum Gasteiger partial charge on any atom is -0.382 e. The highest BCUT2D eigenvalue weighted by molar-refractivity contribution is 7.71. The second-order valence-electron chi connectivity index (χ2n) is 5.94. The first-order chi connectivity index (χ1) is 9.13. The average Bonchev–Trinajstić information content (AvgIpc) is 3.07. The van der Waals surface area contributed by atoms with Gasteiger partial charge in [0.1, 0.15) is 11.3 Å². The summed E-state index contributed by atoms with van der Waals surface area (Å²) in [6.45, 7) is 0. The summed E-state index contributed by atoms with van der Waals surface area (Å²) >= 11 is 5.23. The first-order valence-corrected chi connectivity index (χ1v) is 7.26. The number of nitrogens with one attached hydrogen (secondary N) is 1. The van der Waals surface area contributed by atoms with E-state index in [-0.39, 0.29) is 0 Å². The number of nitrogen functional groups attached to an aromatic ring is 1. The van der Waals surface area contributed by atoms with Crippen molar-refractivity contribution in [2.24, 2.45) is 18.9 Å². The molecule has 2 fully saturated rings. The number of aromatic amines is 1. The van der Waals surface area contributed by atoms with E-state index in [0.29, 0.717) is 16.5 Å². The summed E-state index contributed by atoms with van der Waals surface area (Å²) in [7, 11) is 1.91. The molecular formula is C13H17N5S. The van der Waals surface area contributed by atoms with Gasteiger partial charge in [-0.25, -0.2) is 9.97 Å². The number of nitrogens with two attached hydrogens (primary N) is 1. The average molecular weight is 275 g/mol. The number of nitrogens with zero attached hydrogens (tertiary/aromatic N) is 3. The molecule has 4 rings (SSSR count). The molecule has 0 saturated heterocycles. The van der Waals surface area contributed by atoms with Crippen LogP contribution in [0.15, 0.2) is 0 Å². The minimum atomic E-state index is 0.494. The molecule has 2 aliphatic rings. The second kappa shape index (κ2) is 3.79. The van der Waals surface area contributed by atoms with Gasteiger partial charge in [-0.15, -0.1) is 0 Å². The number of imidazole rings is 1. The fourth-order valence-corrected chi connectivity index (χ4v) is 4.05. The Balaban J connectivity index is 1.87. The molecular weight excluding hydrogens is 258 g/mol. The molecule has 2 aromatic heterocycles. The van der Waals surface area contributed by atoms with E-state index in [1.165, 1.54) is 25.7 Å². The summed E-state index contributed by atoms with van der Waals surface area (Å²) in [5.41, 5.74) is 7.66. The lowest BCUT2D eigenvalue weighted by Crippen LogP contribution is -2.13. The first-order valence-electron chi connectivity index (χ1n) is 6.85. The van der Waals surface area contributed by atoms with E-state index in [2.05, 4.69) is 9.97 Å². The van der Waals surface area contributed by atoms with Gasteiger partial charge >= 0.3 is 0 Å². The summed E-state index contributed by atoms with van der Waals surface area (Å²) in [6, 6.07) is 0. The Kier molecular flexibility index (Phi) is 2.27. The quantitative estimate of drug-likeness (QED) is 0.784. The number of hydrogen-bond donors (Lipinski definition) is 2. The second-order valence-corrected chi connectivity index (χ2v) is 6.32. The van der Waals surface area contributed by atoms with Crippen molar-refractivity contribution in [2.45, 2.75) is 31.6 Å². The number of fused-ring (bicyclic) bond motifs is 3. The van der Waals surface area contributed by atoms with Gasteiger partial charge in [0.05, 0.1) is 0 Å². The van der Waals surface area contributed by atoms with Crippen molar-refractivity contribution in [3.63, 3.8) is 0 Å². The Bertz CT molecular complexity index is 716. The van der Waals surface area contributed by atoms with E-state index in [4.69, 9.17) is 22.9 Å². The van der Waals surface area contributed by atoms with Crippen LogP contribution in [0.2, 0.25) is 0 Å². The molecule has 2 aromatic rings. The Morgan fingerprint density at radius 2 is 2.16 bits per heavy atom. The highest BCUT2D eigenvalue weighted by atomic mass is 32.1. The van der Waals surface area contributed by atoms with Gasteiger partial charge in [-0.1, -0.05) is 6.42 Å². The zero-order valence-electron chi connectivity index (χ0n) is 10.9. The zero-order chi connectivity index (χ0) is 13.1. The number of aromatic nitrogens is 4. The predicted molar refractivity (Wildman–Crippen MR) is 76.3 cm³/mol. The van der Waals surface area contributed by atoms with Gasteiger partial charge in [-0.2, -0.15) is 0 Å². The lowest BCUT2D eigenvalue weighted by Gasteiger charge is -2.20. The van der Waals surface area contributed by atoms with Crippen LogP contribution in [-0.4, -0.2) is 19.5 Å². The maximum Gasteiger partial charge on any atom is 0.179 e. The first kappa shape index (κ1) is 11.4. The van der Waals surface area contributed by atoms with E-state index in [1.54, 1.807) is 0 Å². The molecule has 5 nitrogen and oxygen atoms in total. The van der Waals surface area contributed by atoms with E-state index >= 15 is 0 Å². The molecule has 0 spiro atoms. The maximum absolute atomic E-state index is 6.06. The van der Waals surface area contributed by atoms with Crippen molar-refractivity contribution >= 4 is 29.2 Å². The van der Waals surface area contributed by atoms with Crippen LogP contribution in [0, 0.1) is 16.6 Å². The fraction of sp³-hybridized carbons (Fsp3) is 0.615. The van der Waals surface area contributed by atoms with E-state index in [0.717, 1.165) is 28.8 Å². The molecule has 0 amide bonds. The Morgan fingerprint density at radius 1 is 1.32 bits per heavy atom. The Morgan fingerprint density at radius 3 is 2.84 bits per heavy atom. The van der Waals surface area contributed by atoms with Crippen molar-refractivity contribution < 1.29 is 0 Å². The lowest BCUT2D eigenvalue weighted by atomic mass is 9.88. The monoisotopic (exact) mass is 275 g/mol. The van der Waals surface area contributed by atoms with Crippen molar-refractivity contribution in [1.29, 1.82) is 0 Å². The van der Waals surface area contributed by atoms with Crippen LogP contribution in [0.5, 0.6) is 0 Å². The fourth-order valence-electron chi connectivity index (χ4n) is 3.86. The highest BCUT2D eigenvalue weighted by Crippen LogP contribution is 2.52. The molecule has 0 radical (unpaired) electrons. The van der Waals surface area contributed by atoms with Crippen LogP contribution >= 0.6 is 12.2 Å². The van der Waals surface area contributed by atoms with Gasteiger partial charge in [0.25, 0.3) is 0 Å². The zero-order valence-corrected chi connectivity index (χ0v) is 11.7. The minimum absolute atomic E-state index is 0.494. The van der Waals surface area contributed by atoms with Crippen LogP contribution in [0.1, 0.15) is 37.4 Å². The van der Waals surface area contributed by atoms with Crippen LogP contribution in [0.25, 0.3) is 11.2 Å². The van der Waals surface area contributed by atoms with E-state index in [1.807, 2.05) is 11.6 Å². The largest absolute Gasteiger partial charge is 0.382 e. The van der Waals surface area contributed by atoms with Crippen molar-refractivity contribution in [3.05, 3.63) is 10.6 Å². The number of rotatable bonds is 1. The number of H-pyrrole nitrogens is 1. The molecule has 2 bridgehead atoms. The number of anilines is 1. The van der Waals surface area contributed by atoms with Gasteiger partial charge in [-0.05, 0) is 43.3 Å². The summed E-state index contributed by atoms with van der Waals surface area (Å²) in [5.74, 6) is 3.57. The molecule has 2 saturated carbocycles. The molecule has 2 aliphatic carbocycles. The maximum atomic E-state index is 6.06. The molecule has 6 heteroatoms. The van der Waals surface area contributed by atoms with Crippen molar-refractivity contribution in [2.75, 3.05) is 5.73 Å². The van der Waals surface area contributed by atoms with Gasteiger partial charge in [0, 0.05) is 13.0 Å². The SMILES string of the molecule is Cn1c(=S)[nH]c2c(N)nc(C3CC4CCC3C4)nc21. The molecule has 100 valence electrons. The standard InChI is InChI=1S/C13H17N5S/c1-18-12-9(15-13(18)19)10(14)16-11(17-12)8-5-6-2-3-7(8)4-6/h6-8H,2-5H2,1H3,(H,15,19)(H2,14,16,17). The topological polar surface area (TPSA) is 72.5 Å². The smallest absolute Gasteiger partial charge is 0.179 e. The summed E-state index contributed by atoms with van der Waals surface area (Å²) in [6.07, 6.45) is 5.28. The van der Waals surface area contributed by atoms with Gasteiger partial charge in [0.2, 0.25) is 0 Å². The molecule has 19 heavy (non-hydrogen) atoms. The summed E-state index contributed by atoms with van der Waals surface area (Å²) in [4.78, 5) is 12.3. The van der Waals surface area contributed by atoms with Crippen molar-refractivity contribution in [3.8, 4) is 0 Å². The van der Waals surface area contributed by atoms with Gasteiger partial charge in [0.15, 0.2) is 16.2 Å². The van der Waals surface area contributed by atoms with Gasteiger partial charge < -0.3 is 15.3 Å². The third-order valence-corrected chi connectivity index (χ3v) is 5.24. The number of aryl methyl sites for hydroxylation is 1. The van der Waals surface area contributed by atoms with Crippen LogP contribution in [-0.2, 0) is 7.05 Å². The molecule has 2 heterocycles. The van der Waals surface area contributed by atoms with Crippen LogP contribution in [0.3, 0.4) is 0 Å². The third kappa shape index (κ3) is 1.55. The molecule has 0 aliphatic heterocycles. The van der Waals surface area contributed by atoms with E-state index in [9.17, 15) is 0 Å². The highest BCUT2D eigenvalue weighted by Gasteiger charge is 2.41. The van der Waals surface area contributed by atoms with Crippen LogP contribution < -0.4 is 5.73 Å². The molecule has 3 unspecified atom stereocenters. The van der Waals surface area contributed by atoms with Gasteiger partial charge in [-0.3, -0.25) is 0 Å². The van der Waals surface area contributed by atoms with Crippen LogP contribution in [0.4, 0.5) is 5.82 Å². The molecule has 3 atom stereocenters. The molecule has 0 aromatic carbocycles. The third-order valence-electron chi connectivity index (χ3n) is 4.86. The summed E-state index contributed by atoms with van der Waals surface area (Å²) in [5, 5.41) is 0. The van der Waals surface area contributed by atoms with Crippen molar-refractivity contribution in [1.82, 2.24) is 19.5 Å². The summed E-state index contributed by atoms with van der Waals surface area (Å²) < 4.78 is 2.51. The van der Waals surface area contributed by atoms with E-state index < -0.39 is 0 Å². The number of hydrogen-bond acceptors (Lipinski definition) is 4. The molecule has 3 N–H and O–H groups in total. The lowest BCUT2D eigenvalue weighted by molar-refractivity contribution is 0.406. The Labute approximate surface area is 116 Å². The predicted octanol–water partition coefficient (Wildman–Crippen LogP) is 2.51. The Hall–Kier alpha value is -1.43. The normalized spacial score (nSPS) is 29.4.